The molecule has 0 aliphatic heterocycles. The minimum Gasteiger partial charge on any atom is -0.456 e. The molecule has 1 heterocycles. The van der Waals surface area contributed by atoms with E-state index in [9.17, 15) is 4.79 Å². The van der Waals surface area contributed by atoms with Crippen LogP contribution in [0.2, 0.25) is 0 Å². The van der Waals surface area contributed by atoms with Crippen LogP contribution in [0.15, 0.2) is 16.5 Å². The molecular weight excluding hydrogens is 246 g/mol. The first-order valence-corrected chi connectivity index (χ1v) is 5.72. The van der Waals surface area contributed by atoms with Crippen molar-refractivity contribution in [2.75, 3.05) is 5.33 Å². The van der Waals surface area contributed by atoms with Crippen molar-refractivity contribution in [1.29, 1.82) is 0 Å². The number of nitrogens with one attached hydrogen (secondary N) is 1. The Morgan fingerprint density at radius 3 is 2.79 bits per heavy atom. The zero-order chi connectivity index (χ0) is 10.2. The first-order chi connectivity index (χ1) is 6.65. The van der Waals surface area contributed by atoms with Crippen LogP contribution in [0.4, 0.5) is 0 Å². The first-order valence-electron chi connectivity index (χ1n) is 4.60. The zero-order valence-electron chi connectivity index (χ0n) is 7.97. The Bertz CT molecular complexity index is 355. The molecule has 0 unspecified atom stereocenters. The lowest BCUT2D eigenvalue weighted by Gasteiger charge is -2.12. The summed E-state index contributed by atoms with van der Waals surface area (Å²) >= 11 is 3.39. The van der Waals surface area contributed by atoms with Gasteiger partial charge in [-0.3, -0.25) is 4.79 Å². The van der Waals surface area contributed by atoms with Gasteiger partial charge in [-0.25, -0.2) is 0 Å². The molecule has 0 atom stereocenters. The van der Waals surface area contributed by atoms with E-state index >= 15 is 0 Å². The molecule has 0 aromatic carbocycles. The predicted molar refractivity (Wildman–Crippen MR) is 56.7 cm³/mol. The second kappa shape index (κ2) is 3.42. The van der Waals surface area contributed by atoms with Gasteiger partial charge in [0, 0.05) is 5.33 Å². The summed E-state index contributed by atoms with van der Waals surface area (Å²) in [4.78, 5) is 11.6. The average Bonchev–Trinajstić information content (AvgIpc) is 2.80. The van der Waals surface area contributed by atoms with Gasteiger partial charge in [0.15, 0.2) is 5.76 Å². The monoisotopic (exact) mass is 257 g/mol. The number of furan rings is 1. The lowest BCUT2D eigenvalue weighted by molar-refractivity contribution is 0.0907. The molecular formula is C10H12BrNO2. The standard InChI is InChI=1S/C10H12BrNO2/c1-7-2-3-8(14-7)9(13)12-10(6-11)4-5-10/h2-3H,4-6H2,1H3,(H,12,13). The molecule has 0 bridgehead atoms. The van der Waals surface area contributed by atoms with Crippen LogP contribution in [-0.4, -0.2) is 16.8 Å². The van der Waals surface area contributed by atoms with Gasteiger partial charge in [-0.05, 0) is 31.9 Å². The molecule has 14 heavy (non-hydrogen) atoms. The molecule has 1 aromatic rings. The molecule has 76 valence electrons. The minimum atomic E-state index is -0.116. The Labute approximate surface area is 91.0 Å². The number of halogens is 1. The number of amides is 1. The quantitative estimate of drug-likeness (QED) is 0.845. The van der Waals surface area contributed by atoms with Crippen molar-refractivity contribution in [1.82, 2.24) is 5.32 Å². The van der Waals surface area contributed by atoms with Gasteiger partial charge >= 0.3 is 0 Å². The molecule has 1 fully saturated rings. The Hall–Kier alpha value is -0.770. The largest absolute Gasteiger partial charge is 0.456 e. The van der Waals surface area contributed by atoms with E-state index in [0.29, 0.717) is 5.76 Å². The highest BCUT2D eigenvalue weighted by Gasteiger charge is 2.43. The maximum absolute atomic E-state index is 11.6. The minimum absolute atomic E-state index is 0.0161. The summed E-state index contributed by atoms with van der Waals surface area (Å²) < 4.78 is 5.24. The molecule has 0 radical (unpaired) electrons. The molecule has 1 aromatic heterocycles. The van der Waals surface area contributed by atoms with Crippen molar-refractivity contribution < 1.29 is 9.21 Å². The molecule has 2 rings (SSSR count). The third-order valence-electron chi connectivity index (χ3n) is 2.45. The van der Waals surface area contributed by atoms with Crippen LogP contribution in [0.5, 0.6) is 0 Å². The summed E-state index contributed by atoms with van der Waals surface area (Å²) in [6, 6.07) is 3.50. The maximum atomic E-state index is 11.6. The summed E-state index contributed by atoms with van der Waals surface area (Å²) in [6.45, 7) is 1.83. The lowest BCUT2D eigenvalue weighted by atomic mass is 10.3. The molecule has 1 saturated carbocycles. The number of carbonyl (C=O) groups excluding carboxylic acids is 1. The predicted octanol–water partition coefficient (Wildman–Crippen LogP) is 2.25. The topological polar surface area (TPSA) is 42.2 Å². The summed E-state index contributed by atoms with van der Waals surface area (Å²) in [5, 5.41) is 3.78. The Morgan fingerprint density at radius 2 is 2.36 bits per heavy atom. The molecule has 0 spiro atoms. The van der Waals surface area contributed by atoms with Gasteiger partial charge in [0.2, 0.25) is 0 Å². The van der Waals surface area contributed by atoms with Crippen molar-refractivity contribution in [2.45, 2.75) is 25.3 Å². The molecule has 3 nitrogen and oxygen atoms in total. The number of hydrogen-bond donors (Lipinski definition) is 1. The second-order valence-corrected chi connectivity index (χ2v) is 4.34. The van der Waals surface area contributed by atoms with Crippen molar-refractivity contribution in [3.8, 4) is 0 Å². The van der Waals surface area contributed by atoms with Crippen LogP contribution in [0, 0.1) is 6.92 Å². The van der Waals surface area contributed by atoms with Gasteiger partial charge in [0.05, 0.1) is 5.54 Å². The molecule has 4 heteroatoms. The van der Waals surface area contributed by atoms with Crippen LogP contribution < -0.4 is 5.32 Å². The smallest absolute Gasteiger partial charge is 0.287 e. The Morgan fingerprint density at radius 1 is 1.64 bits per heavy atom. The molecule has 1 amide bonds. The maximum Gasteiger partial charge on any atom is 0.287 e. The van der Waals surface area contributed by atoms with Crippen LogP contribution in [-0.2, 0) is 0 Å². The van der Waals surface area contributed by atoms with Crippen LogP contribution in [0.1, 0.15) is 29.2 Å². The summed E-state index contributed by atoms with van der Waals surface area (Å²) in [6.07, 6.45) is 2.09. The Balaban J connectivity index is 2.03. The SMILES string of the molecule is Cc1ccc(C(=O)NC2(CBr)CC2)o1. The first kappa shape index (κ1) is 9.77. The van der Waals surface area contributed by atoms with E-state index in [2.05, 4.69) is 21.2 Å². The van der Waals surface area contributed by atoms with E-state index in [4.69, 9.17) is 4.42 Å². The van der Waals surface area contributed by atoms with Crippen LogP contribution >= 0.6 is 15.9 Å². The van der Waals surface area contributed by atoms with Crippen molar-refractivity contribution in [3.05, 3.63) is 23.7 Å². The van der Waals surface area contributed by atoms with Gasteiger partial charge in [-0.1, -0.05) is 15.9 Å². The summed E-state index contributed by atoms with van der Waals surface area (Å²) in [5.41, 5.74) is -0.0161. The fourth-order valence-corrected chi connectivity index (χ4v) is 2.00. The van der Waals surface area contributed by atoms with E-state index < -0.39 is 0 Å². The van der Waals surface area contributed by atoms with E-state index in [-0.39, 0.29) is 11.4 Å². The number of hydrogen-bond acceptors (Lipinski definition) is 2. The highest BCUT2D eigenvalue weighted by molar-refractivity contribution is 9.09. The van der Waals surface area contributed by atoms with E-state index in [0.717, 1.165) is 23.9 Å². The zero-order valence-corrected chi connectivity index (χ0v) is 9.56. The number of alkyl halides is 1. The second-order valence-electron chi connectivity index (χ2n) is 3.78. The highest BCUT2D eigenvalue weighted by Crippen LogP contribution is 2.37. The Kier molecular flexibility index (Phi) is 2.39. The van der Waals surface area contributed by atoms with Gasteiger partial charge < -0.3 is 9.73 Å². The third-order valence-corrected chi connectivity index (χ3v) is 3.53. The summed E-state index contributed by atoms with van der Waals surface area (Å²) in [7, 11) is 0. The fourth-order valence-electron chi connectivity index (χ4n) is 1.30. The van der Waals surface area contributed by atoms with E-state index in [1.165, 1.54) is 0 Å². The molecule has 1 N–H and O–H groups in total. The van der Waals surface area contributed by atoms with Gasteiger partial charge in [-0.2, -0.15) is 0 Å². The van der Waals surface area contributed by atoms with E-state index in [1.54, 1.807) is 12.1 Å². The molecule has 0 saturated heterocycles. The van der Waals surface area contributed by atoms with Gasteiger partial charge in [0.1, 0.15) is 5.76 Å². The summed E-state index contributed by atoms with van der Waals surface area (Å²) in [5.74, 6) is 1.05. The van der Waals surface area contributed by atoms with Crippen LogP contribution in [0.3, 0.4) is 0 Å². The van der Waals surface area contributed by atoms with E-state index in [1.807, 2.05) is 6.92 Å². The lowest BCUT2D eigenvalue weighted by Crippen LogP contribution is -2.37. The normalized spacial score (nSPS) is 17.9. The van der Waals surface area contributed by atoms with Crippen molar-refractivity contribution in [3.63, 3.8) is 0 Å². The number of rotatable bonds is 3. The van der Waals surface area contributed by atoms with Crippen molar-refractivity contribution in [2.24, 2.45) is 0 Å². The van der Waals surface area contributed by atoms with Gasteiger partial charge in [-0.15, -0.1) is 0 Å². The molecule has 1 aliphatic carbocycles. The number of carbonyl (C=O) groups is 1. The highest BCUT2D eigenvalue weighted by atomic mass is 79.9. The van der Waals surface area contributed by atoms with Crippen molar-refractivity contribution >= 4 is 21.8 Å². The van der Waals surface area contributed by atoms with Crippen LogP contribution in [0.25, 0.3) is 0 Å². The average molecular weight is 258 g/mol. The third kappa shape index (κ3) is 1.85. The molecule has 1 aliphatic rings. The van der Waals surface area contributed by atoms with Gasteiger partial charge in [0.25, 0.3) is 5.91 Å². The fraction of sp³-hybridized carbons (Fsp3) is 0.500. The number of aryl methyl sites for hydroxylation is 1.